The largest absolute Gasteiger partial charge is 0.336 e. The Kier molecular flexibility index (Phi) is 8.01. The monoisotopic (exact) mass is 608 g/mol. The number of amides is 1. The number of nitrogens with one attached hydrogen (secondary N) is 1. The smallest absolute Gasteiger partial charge is 0.275 e. The van der Waals surface area contributed by atoms with E-state index in [2.05, 4.69) is 44.8 Å². The molecule has 1 amide bonds. The molecule has 1 aliphatic heterocycles. The molecule has 0 spiro atoms. The van der Waals surface area contributed by atoms with Crippen LogP contribution in [0.5, 0.6) is 0 Å². The highest BCUT2D eigenvalue weighted by atomic mass is 35.5. The second-order valence-electron chi connectivity index (χ2n) is 9.94. The van der Waals surface area contributed by atoms with E-state index in [0.717, 1.165) is 56.0 Å². The molecular weight excluding hydrogens is 585 g/mol. The van der Waals surface area contributed by atoms with Gasteiger partial charge in [-0.15, -0.1) is 0 Å². The summed E-state index contributed by atoms with van der Waals surface area (Å²) in [7, 11) is 0. The number of aromatic nitrogens is 8. The summed E-state index contributed by atoms with van der Waals surface area (Å²) >= 11 is 5.81. The molecule has 0 bridgehead atoms. The Labute approximate surface area is 248 Å². The van der Waals surface area contributed by atoms with E-state index < -0.39 is 29.3 Å². The summed E-state index contributed by atoms with van der Waals surface area (Å²) in [5.74, 6) is -1.08. The lowest BCUT2D eigenvalue weighted by atomic mass is 10.0. The molecule has 1 atom stereocenters. The molecule has 1 N–H and O–H groups in total. The molecular formula is C28H24ClF3N10O. The van der Waals surface area contributed by atoms with Crippen LogP contribution >= 0.6 is 11.6 Å². The van der Waals surface area contributed by atoms with Crippen molar-refractivity contribution in [1.82, 2.24) is 39.3 Å². The molecule has 1 fully saturated rings. The van der Waals surface area contributed by atoms with Crippen LogP contribution in [0, 0.1) is 5.82 Å². The third kappa shape index (κ3) is 6.18. The lowest BCUT2D eigenvalue weighted by molar-refractivity contribution is 0.102. The first kappa shape index (κ1) is 28.3. The lowest BCUT2D eigenvalue weighted by Crippen LogP contribution is -2.34. The van der Waals surface area contributed by atoms with Gasteiger partial charge in [-0.25, -0.2) is 33.1 Å². The molecule has 11 nitrogen and oxygen atoms in total. The van der Waals surface area contributed by atoms with Crippen LogP contribution in [0.25, 0.3) is 11.3 Å². The molecule has 220 valence electrons. The number of benzene rings is 1. The van der Waals surface area contributed by atoms with Gasteiger partial charge in [0.25, 0.3) is 12.3 Å². The van der Waals surface area contributed by atoms with Crippen molar-refractivity contribution >= 4 is 29.1 Å². The molecule has 1 aliphatic rings. The predicted molar refractivity (Wildman–Crippen MR) is 151 cm³/mol. The van der Waals surface area contributed by atoms with E-state index in [-0.39, 0.29) is 16.4 Å². The summed E-state index contributed by atoms with van der Waals surface area (Å²) in [6.45, 7) is 2.06. The van der Waals surface area contributed by atoms with Gasteiger partial charge in [-0.2, -0.15) is 5.10 Å². The first-order chi connectivity index (χ1) is 20.9. The SMILES string of the molecule is O=C(Nc1cnn(Cc2cnc(N3CCCC3Cn3ccnc3)nc2)c1)c1cncc(-c2c(C(F)F)ccc(Cl)c2F)n1. The van der Waals surface area contributed by atoms with Gasteiger partial charge < -0.3 is 14.8 Å². The second-order valence-corrected chi connectivity index (χ2v) is 10.3. The van der Waals surface area contributed by atoms with Crippen molar-refractivity contribution in [2.75, 3.05) is 16.8 Å². The number of anilines is 2. The summed E-state index contributed by atoms with van der Waals surface area (Å²) in [6, 6.07) is 2.34. The van der Waals surface area contributed by atoms with Crippen LogP contribution in [0.4, 0.5) is 24.8 Å². The third-order valence-corrected chi connectivity index (χ3v) is 7.32. The highest BCUT2D eigenvalue weighted by Gasteiger charge is 2.27. The van der Waals surface area contributed by atoms with Crippen LogP contribution < -0.4 is 10.2 Å². The average molecular weight is 609 g/mol. The van der Waals surface area contributed by atoms with Gasteiger partial charge in [0.2, 0.25) is 5.95 Å². The fourth-order valence-corrected chi connectivity index (χ4v) is 5.16. The van der Waals surface area contributed by atoms with Gasteiger partial charge in [-0.05, 0) is 18.9 Å². The number of carbonyl (C=O) groups excluding carboxylic acids is 1. The molecule has 6 rings (SSSR count). The summed E-state index contributed by atoms with van der Waals surface area (Å²) in [4.78, 5) is 36.3. The quantitative estimate of drug-likeness (QED) is 0.248. The third-order valence-electron chi connectivity index (χ3n) is 7.03. The van der Waals surface area contributed by atoms with Gasteiger partial charge in [-0.3, -0.25) is 14.5 Å². The van der Waals surface area contributed by atoms with Crippen LogP contribution in [0.15, 0.2) is 68.0 Å². The van der Waals surface area contributed by atoms with Crippen LogP contribution in [0.3, 0.4) is 0 Å². The van der Waals surface area contributed by atoms with Crippen LogP contribution in [0.2, 0.25) is 5.02 Å². The number of carbonyl (C=O) groups is 1. The van der Waals surface area contributed by atoms with Crippen LogP contribution in [0.1, 0.15) is 40.9 Å². The van der Waals surface area contributed by atoms with Crippen molar-refractivity contribution in [1.29, 1.82) is 0 Å². The Balaban J connectivity index is 1.11. The van der Waals surface area contributed by atoms with Crippen molar-refractivity contribution in [3.8, 4) is 11.3 Å². The maximum Gasteiger partial charge on any atom is 0.275 e. The normalized spacial score (nSPS) is 14.9. The first-order valence-electron chi connectivity index (χ1n) is 13.3. The molecule has 4 aromatic heterocycles. The van der Waals surface area contributed by atoms with E-state index in [1.807, 2.05) is 6.20 Å². The number of rotatable bonds is 9. The summed E-state index contributed by atoms with van der Waals surface area (Å²) in [6.07, 6.45) is 13.4. The van der Waals surface area contributed by atoms with Crippen molar-refractivity contribution < 1.29 is 18.0 Å². The number of nitrogens with zero attached hydrogens (tertiary/aromatic N) is 9. The molecule has 0 saturated carbocycles. The summed E-state index contributed by atoms with van der Waals surface area (Å²) in [5, 5.41) is 6.56. The number of alkyl halides is 2. The zero-order chi connectivity index (χ0) is 29.9. The Bertz CT molecular complexity index is 1730. The molecule has 1 unspecified atom stereocenters. The minimum absolute atomic E-state index is 0.206. The van der Waals surface area contributed by atoms with E-state index in [1.54, 1.807) is 35.8 Å². The zero-order valence-corrected chi connectivity index (χ0v) is 23.2. The highest BCUT2D eigenvalue weighted by molar-refractivity contribution is 6.31. The van der Waals surface area contributed by atoms with Gasteiger partial charge in [0.1, 0.15) is 5.69 Å². The van der Waals surface area contributed by atoms with E-state index in [1.165, 1.54) is 6.20 Å². The van der Waals surface area contributed by atoms with Crippen molar-refractivity contribution in [3.05, 3.63) is 95.7 Å². The topological polar surface area (TPSA) is 120 Å². The Morgan fingerprint density at radius 1 is 1.12 bits per heavy atom. The fourth-order valence-electron chi connectivity index (χ4n) is 5.01. The Hall–Kier alpha value is -4.85. The standard InChI is InChI=1S/C28H24ClF3N10O/c29-21-4-3-20(26(31)32)24(25(21)30)22-11-34-12-23(39-22)27(43)38-18-10-37-41(14-18)13-17-8-35-28(36-9-17)42-6-1-2-19(42)15-40-7-5-33-16-40/h3-5,7-12,14,16,19,26H,1-2,6,13,15H2,(H,38,43). The molecule has 1 saturated heterocycles. The fraction of sp³-hybridized carbons (Fsp3) is 0.250. The Morgan fingerprint density at radius 2 is 1.95 bits per heavy atom. The maximum atomic E-state index is 14.7. The van der Waals surface area contributed by atoms with E-state index in [4.69, 9.17) is 11.6 Å². The second kappa shape index (κ2) is 12.2. The van der Waals surface area contributed by atoms with Crippen LogP contribution in [-0.4, -0.2) is 57.8 Å². The average Bonchev–Trinajstić information content (AvgIpc) is 3.79. The first-order valence-corrected chi connectivity index (χ1v) is 13.7. The number of halogens is 4. The molecule has 5 aromatic rings. The molecule has 15 heteroatoms. The van der Waals surface area contributed by atoms with E-state index >= 15 is 0 Å². The van der Waals surface area contributed by atoms with Gasteiger partial charge in [-0.1, -0.05) is 17.7 Å². The number of hydrogen-bond acceptors (Lipinski definition) is 8. The minimum atomic E-state index is -2.99. The summed E-state index contributed by atoms with van der Waals surface area (Å²) < 4.78 is 45.4. The zero-order valence-electron chi connectivity index (χ0n) is 22.5. The maximum absolute atomic E-state index is 14.7. The highest BCUT2D eigenvalue weighted by Crippen LogP contribution is 2.35. The lowest BCUT2D eigenvalue weighted by Gasteiger charge is -2.24. The minimum Gasteiger partial charge on any atom is -0.336 e. The van der Waals surface area contributed by atoms with Gasteiger partial charge in [0.15, 0.2) is 5.82 Å². The molecule has 1 aromatic carbocycles. The van der Waals surface area contributed by atoms with E-state index in [0.29, 0.717) is 24.2 Å². The van der Waals surface area contributed by atoms with Crippen molar-refractivity contribution in [2.45, 2.75) is 38.4 Å². The van der Waals surface area contributed by atoms with Crippen LogP contribution in [-0.2, 0) is 13.1 Å². The van der Waals surface area contributed by atoms with Gasteiger partial charge in [0, 0.05) is 66.8 Å². The molecule has 0 aliphatic carbocycles. The molecule has 43 heavy (non-hydrogen) atoms. The number of hydrogen-bond donors (Lipinski definition) is 1. The Morgan fingerprint density at radius 3 is 2.72 bits per heavy atom. The molecule has 5 heterocycles. The van der Waals surface area contributed by atoms with E-state index in [9.17, 15) is 18.0 Å². The molecule has 0 radical (unpaired) electrons. The van der Waals surface area contributed by atoms with Gasteiger partial charge in [0.05, 0.1) is 47.9 Å². The number of imidazole rings is 1. The van der Waals surface area contributed by atoms with Crippen molar-refractivity contribution in [3.63, 3.8) is 0 Å². The summed E-state index contributed by atoms with van der Waals surface area (Å²) in [5.41, 5.74) is -0.402. The van der Waals surface area contributed by atoms with Crippen molar-refractivity contribution in [2.24, 2.45) is 0 Å². The van der Waals surface area contributed by atoms with Gasteiger partial charge >= 0.3 is 0 Å². The predicted octanol–water partition coefficient (Wildman–Crippen LogP) is 5.03.